The normalized spacial score (nSPS) is 11.0. The van der Waals surface area contributed by atoms with Crippen LogP contribution < -0.4 is 4.74 Å². The van der Waals surface area contributed by atoms with Crippen LogP contribution in [0.2, 0.25) is 0 Å². The highest BCUT2D eigenvalue weighted by atomic mass is 19.1. The van der Waals surface area contributed by atoms with Gasteiger partial charge in [-0.3, -0.25) is 9.78 Å². The van der Waals surface area contributed by atoms with Gasteiger partial charge in [-0.15, -0.1) is 5.10 Å². The lowest BCUT2D eigenvalue weighted by atomic mass is 10.1. The van der Waals surface area contributed by atoms with Crippen molar-refractivity contribution in [2.45, 2.75) is 26.9 Å². The molecule has 140 valence electrons. The van der Waals surface area contributed by atoms with E-state index in [0.717, 1.165) is 6.20 Å². The molecule has 3 aromatic rings. The van der Waals surface area contributed by atoms with Crippen LogP contribution in [0, 0.1) is 11.7 Å². The second-order valence-electron chi connectivity index (χ2n) is 6.56. The molecule has 0 aliphatic carbocycles. The van der Waals surface area contributed by atoms with Crippen LogP contribution in [0.25, 0.3) is 11.4 Å². The Labute approximate surface area is 156 Å². The summed E-state index contributed by atoms with van der Waals surface area (Å²) >= 11 is 0. The van der Waals surface area contributed by atoms with Crippen molar-refractivity contribution in [1.29, 1.82) is 0 Å². The Balaban J connectivity index is 1.71. The number of pyridine rings is 2. The van der Waals surface area contributed by atoms with Gasteiger partial charge in [0.2, 0.25) is 0 Å². The van der Waals surface area contributed by atoms with Gasteiger partial charge in [0.05, 0.1) is 18.1 Å². The van der Waals surface area contributed by atoms with Crippen molar-refractivity contribution in [3.63, 3.8) is 0 Å². The topological polar surface area (TPSA) is 82.8 Å². The fraction of sp³-hybridized carbons (Fsp3) is 0.316. The van der Waals surface area contributed by atoms with Crippen molar-refractivity contribution in [3.05, 3.63) is 53.9 Å². The van der Waals surface area contributed by atoms with E-state index in [4.69, 9.17) is 4.74 Å². The Morgan fingerprint density at radius 3 is 2.63 bits per heavy atom. The first kappa shape index (κ1) is 18.6. The molecule has 0 spiro atoms. The highest BCUT2D eigenvalue weighted by Gasteiger charge is 2.15. The number of halogens is 1. The summed E-state index contributed by atoms with van der Waals surface area (Å²) in [5.41, 5.74) is 2.15. The number of nitrogens with zero attached hydrogens (tertiary/aromatic N) is 5. The van der Waals surface area contributed by atoms with E-state index in [1.807, 2.05) is 13.8 Å². The molecule has 0 radical (unpaired) electrons. The molecule has 0 aliphatic heterocycles. The molecule has 0 unspecified atom stereocenters. The Hall–Kier alpha value is -3.16. The summed E-state index contributed by atoms with van der Waals surface area (Å²) in [4.78, 5) is 20.2. The van der Waals surface area contributed by atoms with E-state index >= 15 is 0 Å². The predicted octanol–water partition coefficient (Wildman–Crippen LogP) is 3.22. The Kier molecular flexibility index (Phi) is 5.54. The van der Waals surface area contributed by atoms with E-state index < -0.39 is 5.82 Å². The maximum absolute atomic E-state index is 13.1. The summed E-state index contributed by atoms with van der Waals surface area (Å²) in [6.45, 7) is 4.16. The van der Waals surface area contributed by atoms with Crippen LogP contribution in [-0.2, 0) is 13.7 Å². The number of carbonyl (C=O) groups is 1. The van der Waals surface area contributed by atoms with Gasteiger partial charge in [0.15, 0.2) is 5.78 Å². The quantitative estimate of drug-likeness (QED) is 0.595. The molecule has 3 aromatic heterocycles. The zero-order valence-electron chi connectivity index (χ0n) is 15.4. The third-order valence-corrected chi connectivity index (χ3v) is 3.90. The molecule has 0 saturated heterocycles. The zero-order valence-corrected chi connectivity index (χ0v) is 15.4. The fourth-order valence-corrected chi connectivity index (χ4v) is 2.51. The number of Topliss-reactive ketones (excluding diaryl/α,β-unsaturated/α-hetero) is 1. The summed E-state index contributed by atoms with van der Waals surface area (Å²) in [5, 5.41) is 8.07. The molecule has 0 saturated carbocycles. The average molecular weight is 369 g/mol. The molecular weight excluding hydrogens is 349 g/mol. The van der Waals surface area contributed by atoms with Crippen molar-refractivity contribution in [1.82, 2.24) is 25.0 Å². The minimum atomic E-state index is -0.418. The van der Waals surface area contributed by atoms with Crippen LogP contribution in [-0.4, -0.2) is 30.7 Å². The summed E-state index contributed by atoms with van der Waals surface area (Å²) in [6.07, 6.45) is 3.11. The first-order chi connectivity index (χ1) is 12.9. The number of aryl methyl sites for hydroxylation is 1. The van der Waals surface area contributed by atoms with Crippen molar-refractivity contribution >= 4 is 5.78 Å². The minimum absolute atomic E-state index is 0.0112. The fourth-order valence-electron chi connectivity index (χ4n) is 2.51. The average Bonchev–Trinajstić information content (AvgIpc) is 3.01. The second-order valence-corrected chi connectivity index (χ2v) is 6.56. The van der Waals surface area contributed by atoms with E-state index in [2.05, 4.69) is 20.3 Å². The van der Waals surface area contributed by atoms with Gasteiger partial charge in [-0.25, -0.2) is 14.1 Å². The van der Waals surface area contributed by atoms with Crippen LogP contribution in [0.15, 0.2) is 36.7 Å². The summed E-state index contributed by atoms with van der Waals surface area (Å²) in [7, 11) is 1.74. The van der Waals surface area contributed by atoms with Crippen LogP contribution in [0.4, 0.5) is 4.39 Å². The lowest BCUT2D eigenvalue weighted by Crippen LogP contribution is -2.07. The van der Waals surface area contributed by atoms with Gasteiger partial charge in [0, 0.05) is 13.5 Å². The van der Waals surface area contributed by atoms with Gasteiger partial charge in [-0.1, -0.05) is 19.1 Å². The van der Waals surface area contributed by atoms with Gasteiger partial charge in [0.25, 0.3) is 0 Å². The number of carbonyl (C=O) groups excluding carboxylic acids is 1. The molecule has 8 heteroatoms. The number of aromatic nitrogens is 5. The number of ketones is 1. The van der Waals surface area contributed by atoms with Crippen LogP contribution >= 0.6 is 0 Å². The van der Waals surface area contributed by atoms with E-state index in [9.17, 15) is 9.18 Å². The molecular formula is C19H20FN5O2. The van der Waals surface area contributed by atoms with Crippen LogP contribution in [0.5, 0.6) is 5.75 Å². The smallest absolute Gasteiger partial charge is 0.181 e. The Morgan fingerprint density at radius 2 is 2.00 bits per heavy atom. The van der Waals surface area contributed by atoms with E-state index in [-0.39, 0.29) is 18.3 Å². The van der Waals surface area contributed by atoms with Crippen molar-refractivity contribution in [2.24, 2.45) is 13.0 Å². The first-order valence-electron chi connectivity index (χ1n) is 8.56. The maximum Gasteiger partial charge on any atom is 0.181 e. The van der Waals surface area contributed by atoms with Gasteiger partial charge in [-0.05, 0) is 30.2 Å². The highest BCUT2D eigenvalue weighted by Crippen LogP contribution is 2.21. The zero-order chi connectivity index (χ0) is 19.4. The largest absolute Gasteiger partial charge is 0.486 e. The van der Waals surface area contributed by atoms with Gasteiger partial charge < -0.3 is 4.74 Å². The van der Waals surface area contributed by atoms with Crippen molar-refractivity contribution in [3.8, 4) is 17.1 Å². The number of rotatable bonds is 7. The van der Waals surface area contributed by atoms with Gasteiger partial charge >= 0.3 is 0 Å². The summed E-state index contributed by atoms with van der Waals surface area (Å²) in [5.74, 6) is 0.400. The molecule has 27 heavy (non-hydrogen) atoms. The van der Waals surface area contributed by atoms with Crippen LogP contribution in [0.3, 0.4) is 0 Å². The molecule has 0 fully saturated rings. The number of ether oxygens (including phenoxy) is 1. The van der Waals surface area contributed by atoms with E-state index in [1.54, 1.807) is 29.9 Å². The van der Waals surface area contributed by atoms with Gasteiger partial charge in [0.1, 0.15) is 35.3 Å². The third-order valence-electron chi connectivity index (χ3n) is 3.90. The molecule has 0 N–H and O–H groups in total. The standard InChI is InChI=1S/C19H20FN5O2/c1-12(2)8-18(26)15-7-5-14(10-22-15)27-11-17-19(23-24-25(17)3)16-6-4-13(20)9-21-16/h4-7,9-10,12H,8,11H2,1-3H3. The van der Waals surface area contributed by atoms with Crippen LogP contribution in [0.1, 0.15) is 36.5 Å². The maximum atomic E-state index is 13.1. The molecule has 0 bridgehead atoms. The predicted molar refractivity (Wildman–Crippen MR) is 96.5 cm³/mol. The number of hydrogen-bond donors (Lipinski definition) is 0. The molecule has 3 heterocycles. The second kappa shape index (κ2) is 8.03. The summed E-state index contributed by atoms with van der Waals surface area (Å²) in [6, 6.07) is 6.22. The Bertz CT molecular complexity index is 920. The highest BCUT2D eigenvalue weighted by molar-refractivity contribution is 5.94. The minimum Gasteiger partial charge on any atom is -0.486 e. The SMILES string of the molecule is CC(C)CC(=O)c1ccc(OCc2c(-c3ccc(F)cn3)nnn2C)cn1. The van der Waals surface area contributed by atoms with Crippen molar-refractivity contribution < 1.29 is 13.9 Å². The molecule has 0 amide bonds. The molecule has 0 aliphatic rings. The number of hydrogen-bond acceptors (Lipinski definition) is 6. The molecule has 0 atom stereocenters. The van der Waals surface area contributed by atoms with Crippen molar-refractivity contribution in [2.75, 3.05) is 0 Å². The molecule has 0 aromatic carbocycles. The lowest BCUT2D eigenvalue weighted by Gasteiger charge is -2.08. The van der Waals surface area contributed by atoms with Gasteiger partial charge in [-0.2, -0.15) is 0 Å². The molecule has 7 nitrogen and oxygen atoms in total. The third kappa shape index (κ3) is 4.52. The Morgan fingerprint density at radius 1 is 1.19 bits per heavy atom. The molecule has 3 rings (SSSR count). The van der Waals surface area contributed by atoms with E-state index in [1.165, 1.54) is 12.3 Å². The monoisotopic (exact) mass is 369 g/mol. The lowest BCUT2D eigenvalue weighted by molar-refractivity contribution is 0.0963. The first-order valence-corrected chi connectivity index (χ1v) is 8.56. The summed E-state index contributed by atoms with van der Waals surface area (Å²) < 4.78 is 20.4. The van der Waals surface area contributed by atoms with E-state index in [0.29, 0.717) is 34.9 Å².